The van der Waals surface area contributed by atoms with E-state index in [1.54, 1.807) is 19.3 Å². The molecule has 2 aromatic heterocycles. The van der Waals surface area contributed by atoms with Crippen LogP contribution in [0, 0.1) is 6.92 Å². The van der Waals surface area contributed by atoms with Crippen molar-refractivity contribution < 1.29 is 4.79 Å². The number of pyridine rings is 2. The second-order valence-electron chi connectivity index (χ2n) is 6.26. The number of amides is 1. The van der Waals surface area contributed by atoms with Gasteiger partial charge in [-0.15, -0.1) is 0 Å². The first-order valence-electron chi connectivity index (χ1n) is 8.19. The van der Waals surface area contributed by atoms with E-state index in [9.17, 15) is 9.59 Å². The maximum absolute atomic E-state index is 12.4. The summed E-state index contributed by atoms with van der Waals surface area (Å²) in [6.45, 7) is 3.67. The fraction of sp³-hybridized carbons (Fsp3) is 0.389. The van der Waals surface area contributed by atoms with Crippen molar-refractivity contribution in [2.45, 2.75) is 25.8 Å². The van der Waals surface area contributed by atoms with Gasteiger partial charge in [-0.25, -0.2) is 4.98 Å². The zero-order chi connectivity index (χ0) is 17.1. The molecule has 1 N–H and O–H groups in total. The van der Waals surface area contributed by atoms with Crippen molar-refractivity contribution in [3.8, 4) is 0 Å². The number of aryl methyl sites for hydroxylation is 2. The molecule has 1 aliphatic heterocycles. The molecule has 1 fully saturated rings. The summed E-state index contributed by atoms with van der Waals surface area (Å²) in [7, 11) is 1.64. The monoisotopic (exact) mass is 326 g/mol. The molecule has 24 heavy (non-hydrogen) atoms. The quantitative estimate of drug-likeness (QED) is 0.928. The number of anilines is 1. The van der Waals surface area contributed by atoms with Gasteiger partial charge in [0.15, 0.2) is 0 Å². The Labute approximate surface area is 141 Å². The highest BCUT2D eigenvalue weighted by molar-refractivity contribution is 5.94. The zero-order valence-corrected chi connectivity index (χ0v) is 14.0. The van der Waals surface area contributed by atoms with Crippen LogP contribution in [0.2, 0.25) is 0 Å². The van der Waals surface area contributed by atoms with Gasteiger partial charge in [-0.05, 0) is 38.0 Å². The summed E-state index contributed by atoms with van der Waals surface area (Å²) in [6, 6.07) is 9.05. The molecule has 1 aliphatic rings. The van der Waals surface area contributed by atoms with Gasteiger partial charge in [0.25, 0.3) is 5.91 Å². The number of hydrogen-bond donors (Lipinski definition) is 1. The third kappa shape index (κ3) is 3.64. The van der Waals surface area contributed by atoms with Gasteiger partial charge < -0.3 is 14.8 Å². The van der Waals surface area contributed by atoms with Gasteiger partial charge in [0.05, 0.1) is 5.56 Å². The minimum Gasteiger partial charge on any atom is -0.355 e. The molecule has 0 spiro atoms. The highest BCUT2D eigenvalue weighted by atomic mass is 16.2. The summed E-state index contributed by atoms with van der Waals surface area (Å²) in [5.41, 5.74) is 1.37. The Morgan fingerprint density at radius 2 is 2.12 bits per heavy atom. The molecule has 0 aliphatic carbocycles. The van der Waals surface area contributed by atoms with E-state index in [0.717, 1.165) is 37.4 Å². The first-order chi connectivity index (χ1) is 11.5. The largest absolute Gasteiger partial charge is 0.355 e. The molecule has 126 valence electrons. The standard InChI is InChI=1S/C18H22N4O2/c1-13-5-3-7-16(19-13)22-10-4-6-15(12-22)20-18(24)14-8-9-17(23)21(2)11-14/h3,5,7-9,11,15H,4,6,10,12H2,1-2H3,(H,20,24). The fourth-order valence-electron chi connectivity index (χ4n) is 3.00. The highest BCUT2D eigenvalue weighted by Crippen LogP contribution is 2.18. The average molecular weight is 326 g/mol. The fourth-order valence-corrected chi connectivity index (χ4v) is 3.00. The number of nitrogens with zero attached hydrogens (tertiary/aromatic N) is 3. The molecule has 2 aromatic rings. The van der Waals surface area contributed by atoms with Gasteiger partial charge in [0.1, 0.15) is 5.82 Å². The molecule has 0 saturated carbocycles. The molecule has 6 heteroatoms. The normalized spacial score (nSPS) is 17.6. The van der Waals surface area contributed by atoms with Crippen LogP contribution in [0.25, 0.3) is 0 Å². The third-order valence-electron chi connectivity index (χ3n) is 4.30. The summed E-state index contributed by atoms with van der Waals surface area (Å²) >= 11 is 0. The van der Waals surface area contributed by atoms with E-state index >= 15 is 0 Å². The van der Waals surface area contributed by atoms with Crippen LogP contribution in [0.5, 0.6) is 0 Å². The van der Waals surface area contributed by atoms with Crippen LogP contribution in [-0.4, -0.2) is 34.6 Å². The van der Waals surface area contributed by atoms with Crippen molar-refractivity contribution in [3.05, 3.63) is 58.1 Å². The van der Waals surface area contributed by atoms with Crippen molar-refractivity contribution in [2.75, 3.05) is 18.0 Å². The molecule has 0 bridgehead atoms. The van der Waals surface area contributed by atoms with Gasteiger partial charge in [0.2, 0.25) is 5.56 Å². The molecule has 6 nitrogen and oxygen atoms in total. The molecular weight excluding hydrogens is 304 g/mol. The van der Waals surface area contributed by atoms with Crippen LogP contribution < -0.4 is 15.8 Å². The molecule has 1 saturated heterocycles. The van der Waals surface area contributed by atoms with Gasteiger partial charge in [-0.1, -0.05) is 6.07 Å². The number of carbonyl (C=O) groups is 1. The molecular formula is C18H22N4O2. The van der Waals surface area contributed by atoms with E-state index in [2.05, 4.69) is 15.2 Å². The summed E-state index contributed by atoms with van der Waals surface area (Å²) in [4.78, 5) is 30.6. The van der Waals surface area contributed by atoms with Crippen molar-refractivity contribution in [1.82, 2.24) is 14.9 Å². The number of rotatable bonds is 3. The van der Waals surface area contributed by atoms with Crippen LogP contribution in [0.15, 0.2) is 41.3 Å². The zero-order valence-electron chi connectivity index (χ0n) is 14.0. The van der Waals surface area contributed by atoms with Gasteiger partial charge in [-0.3, -0.25) is 9.59 Å². The SMILES string of the molecule is Cc1cccc(N2CCCC(NC(=O)c3ccc(=O)n(C)c3)C2)n1. The van der Waals surface area contributed by atoms with E-state index in [0.29, 0.717) is 5.56 Å². The van der Waals surface area contributed by atoms with Crippen LogP contribution in [0.4, 0.5) is 5.82 Å². The number of nitrogens with one attached hydrogen (secondary N) is 1. The summed E-state index contributed by atoms with van der Waals surface area (Å²) < 4.78 is 1.42. The highest BCUT2D eigenvalue weighted by Gasteiger charge is 2.23. The summed E-state index contributed by atoms with van der Waals surface area (Å²) in [5.74, 6) is 0.811. The minimum atomic E-state index is -0.144. The Balaban J connectivity index is 1.67. The Morgan fingerprint density at radius 1 is 1.29 bits per heavy atom. The number of piperidine rings is 1. The van der Waals surface area contributed by atoms with Crippen LogP contribution in [0.1, 0.15) is 28.9 Å². The van der Waals surface area contributed by atoms with E-state index < -0.39 is 0 Å². The second kappa shape index (κ2) is 6.86. The Kier molecular flexibility index (Phi) is 4.64. The first-order valence-corrected chi connectivity index (χ1v) is 8.19. The number of hydrogen-bond acceptors (Lipinski definition) is 4. The maximum Gasteiger partial charge on any atom is 0.253 e. The Hall–Kier alpha value is -2.63. The predicted molar refractivity (Wildman–Crippen MR) is 93.4 cm³/mol. The molecule has 1 amide bonds. The molecule has 3 rings (SSSR count). The van der Waals surface area contributed by atoms with Crippen LogP contribution in [0.3, 0.4) is 0 Å². The van der Waals surface area contributed by atoms with Crippen LogP contribution in [-0.2, 0) is 7.05 Å². The maximum atomic E-state index is 12.4. The topological polar surface area (TPSA) is 67.2 Å². The second-order valence-corrected chi connectivity index (χ2v) is 6.26. The van der Waals surface area contributed by atoms with Gasteiger partial charge >= 0.3 is 0 Å². The van der Waals surface area contributed by atoms with E-state index in [4.69, 9.17) is 0 Å². The predicted octanol–water partition coefficient (Wildman–Crippen LogP) is 1.49. The average Bonchev–Trinajstić information content (AvgIpc) is 2.57. The van der Waals surface area contributed by atoms with Crippen molar-refractivity contribution in [2.24, 2.45) is 7.05 Å². The summed E-state index contributed by atoms with van der Waals surface area (Å²) in [5, 5.41) is 3.07. The number of carbonyl (C=O) groups excluding carboxylic acids is 1. The van der Waals surface area contributed by atoms with Gasteiger partial charge in [0, 0.05) is 44.1 Å². The lowest BCUT2D eigenvalue weighted by molar-refractivity contribution is 0.0932. The lowest BCUT2D eigenvalue weighted by atomic mass is 10.1. The molecule has 1 atom stereocenters. The molecule has 0 aromatic carbocycles. The van der Waals surface area contributed by atoms with E-state index in [-0.39, 0.29) is 17.5 Å². The van der Waals surface area contributed by atoms with Crippen molar-refractivity contribution in [1.29, 1.82) is 0 Å². The lowest BCUT2D eigenvalue weighted by Crippen LogP contribution is -2.48. The first kappa shape index (κ1) is 16.2. The van der Waals surface area contributed by atoms with Crippen molar-refractivity contribution in [3.63, 3.8) is 0 Å². The smallest absolute Gasteiger partial charge is 0.253 e. The van der Waals surface area contributed by atoms with Crippen LogP contribution >= 0.6 is 0 Å². The third-order valence-corrected chi connectivity index (χ3v) is 4.30. The molecule has 3 heterocycles. The summed E-state index contributed by atoms with van der Waals surface area (Å²) in [6.07, 6.45) is 3.52. The van der Waals surface area contributed by atoms with E-state index in [1.165, 1.54) is 10.6 Å². The molecule has 0 radical (unpaired) electrons. The molecule has 1 unspecified atom stereocenters. The lowest BCUT2D eigenvalue weighted by Gasteiger charge is -2.34. The number of aromatic nitrogens is 2. The Bertz CT molecular complexity index is 800. The van der Waals surface area contributed by atoms with E-state index in [1.807, 2.05) is 25.1 Å². The minimum absolute atomic E-state index is 0.0748. The Morgan fingerprint density at radius 3 is 2.88 bits per heavy atom. The van der Waals surface area contributed by atoms with Crippen molar-refractivity contribution >= 4 is 11.7 Å². The van der Waals surface area contributed by atoms with Gasteiger partial charge in [-0.2, -0.15) is 0 Å².